The van der Waals surface area contributed by atoms with Crippen molar-refractivity contribution >= 4 is 11.9 Å². The van der Waals surface area contributed by atoms with Crippen LogP contribution in [0.25, 0.3) is 0 Å². The van der Waals surface area contributed by atoms with Gasteiger partial charge in [-0.25, -0.2) is 9.59 Å². The Balaban J connectivity index is 0. The minimum absolute atomic E-state index is 0. The molecule has 0 saturated carbocycles. The van der Waals surface area contributed by atoms with Crippen LogP contribution in [-0.2, 0) is 19.1 Å². The van der Waals surface area contributed by atoms with Crippen molar-refractivity contribution in [3.63, 3.8) is 0 Å². The fourth-order valence-corrected chi connectivity index (χ4v) is 2.99. The summed E-state index contributed by atoms with van der Waals surface area (Å²) >= 11 is 0. The van der Waals surface area contributed by atoms with Gasteiger partial charge in [0, 0.05) is 5.57 Å². The number of hydrogen-bond donors (Lipinski definition) is 0. The van der Waals surface area contributed by atoms with Gasteiger partial charge in [-0.3, -0.25) is 0 Å². The Morgan fingerprint density at radius 3 is 1.46 bits per heavy atom. The van der Waals surface area contributed by atoms with Crippen LogP contribution in [-0.4, -0.2) is 25.2 Å². The third-order valence-corrected chi connectivity index (χ3v) is 4.54. The van der Waals surface area contributed by atoms with Crippen LogP contribution in [0.4, 0.5) is 0 Å². The molecular weight excluding hydrogens is 367 g/mol. The molecule has 0 N–H and O–H groups in total. The first-order chi connectivity index (χ1) is 13.1. The second kappa shape index (κ2) is 21.2. The quantitative estimate of drug-likeness (QED) is 0.121. The van der Waals surface area contributed by atoms with Gasteiger partial charge in [0.2, 0.25) is 0 Å². The van der Waals surface area contributed by atoms with Crippen molar-refractivity contribution in [3.05, 3.63) is 11.3 Å². The number of rotatable bonds is 17. The molecule has 28 heavy (non-hydrogen) atoms. The summed E-state index contributed by atoms with van der Waals surface area (Å²) in [7, 11) is 0. The molecule has 0 aliphatic rings. The fourth-order valence-electron chi connectivity index (χ4n) is 2.99. The molecule has 0 amide bonds. The van der Waals surface area contributed by atoms with E-state index in [0.29, 0.717) is 6.42 Å². The predicted molar refractivity (Wildman–Crippen MR) is 106 cm³/mol. The first-order valence-electron chi connectivity index (χ1n) is 10.8. The van der Waals surface area contributed by atoms with Crippen LogP contribution in [0.1, 0.15) is 104 Å². The molecule has 0 saturated heterocycles. The maximum Gasteiger partial charge on any atom is 1.00 e. The predicted octanol–water partition coefficient (Wildman–Crippen LogP) is 1.82. The summed E-state index contributed by atoms with van der Waals surface area (Å²) in [5.41, 5.74) is -0.0811. The van der Waals surface area contributed by atoms with E-state index in [1.807, 2.05) is 0 Å². The van der Waals surface area contributed by atoms with Gasteiger partial charge in [0.05, 0.1) is 13.2 Å². The molecule has 0 aliphatic carbocycles. The van der Waals surface area contributed by atoms with Gasteiger partial charge in [-0.15, -0.1) is 0 Å². The summed E-state index contributed by atoms with van der Waals surface area (Å²) in [6, 6.07) is 0. The molecule has 0 unspecified atom stereocenters. The number of unbranched alkanes of at least 4 members (excludes halogenated alkanes) is 11. The number of hydrogen-bond acceptors (Lipinski definition) is 5. The summed E-state index contributed by atoms with van der Waals surface area (Å²) in [5.74, 6) is -2.53. The van der Waals surface area contributed by atoms with Crippen LogP contribution >= 0.6 is 0 Å². The summed E-state index contributed by atoms with van der Waals surface area (Å²) in [4.78, 5) is 23.5. The van der Waals surface area contributed by atoms with E-state index in [-0.39, 0.29) is 54.8 Å². The van der Waals surface area contributed by atoms with Gasteiger partial charge in [-0.1, -0.05) is 77.6 Å². The van der Waals surface area contributed by atoms with Crippen LogP contribution in [0.3, 0.4) is 0 Å². The van der Waals surface area contributed by atoms with E-state index in [1.54, 1.807) is 13.8 Å². The molecule has 5 nitrogen and oxygen atoms in total. The Kier molecular flexibility index (Phi) is 22.5. The van der Waals surface area contributed by atoms with Crippen LogP contribution in [0.15, 0.2) is 11.3 Å². The van der Waals surface area contributed by atoms with E-state index in [2.05, 4.69) is 6.92 Å². The molecule has 0 bridgehead atoms. The first kappa shape index (κ1) is 29.7. The van der Waals surface area contributed by atoms with E-state index in [0.717, 1.165) is 12.8 Å². The summed E-state index contributed by atoms with van der Waals surface area (Å²) in [5, 5.41) is 12.1. The second-order valence-electron chi connectivity index (χ2n) is 6.89. The Hall–Kier alpha value is -0.520. The maximum atomic E-state index is 12.1. The number of carbonyl (C=O) groups excluding carboxylic acids is 2. The fraction of sp³-hybridized carbons (Fsp3) is 0.818. The third kappa shape index (κ3) is 15.4. The molecule has 0 spiro atoms. The zero-order chi connectivity index (χ0) is 20.3. The van der Waals surface area contributed by atoms with E-state index < -0.39 is 17.7 Å². The smallest absolute Gasteiger partial charge is 0.867 e. The largest absolute Gasteiger partial charge is 1.00 e. The zero-order valence-electron chi connectivity index (χ0n) is 18.6. The van der Waals surface area contributed by atoms with Crippen molar-refractivity contribution < 1.29 is 53.7 Å². The van der Waals surface area contributed by atoms with Gasteiger partial charge in [0.25, 0.3) is 0 Å². The van der Waals surface area contributed by atoms with Crippen molar-refractivity contribution in [2.45, 2.75) is 104 Å². The summed E-state index contributed by atoms with van der Waals surface area (Å²) in [6.07, 6.45) is 14.7. The number of esters is 2. The van der Waals surface area contributed by atoms with Gasteiger partial charge in [-0.05, 0) is 32.4 Å². The zero-order valence-corrected chi connectivity index (χ0v) is 20.6. The Morgan fingerprint density at radius 2 is 1.04 bits per heavy atom. The first-order valence-corrected chi connectivity index (χ1v) is 10.8. The third-order valence-electron chi connectivity index (χ3n) is 4.54. The standard InChI is InChI=1S/C22H40O5.Na/c1-4-7-8-9-10-11-12-13-14-15-16-17-18-19(21(24)26-5-2)20(23)22(25)27-6-3;/h23H,4-18H2,1-3H3;/q;+1/p-1/b20-19-;. The Morgan fingerprint density at radius 1 is 0.643 bits per heavy atom. The minimum Gasteiger partial charge on any atom is -0.867 e. The van der Waals surface area contributed by atoms with Crippen molar-refractivity contribution in [2.24, 2.45) is 0 Å². The van der Waals surface area contributed by atoms with E-state index >= 15 is 0 Å². The van der Waals surface area contributed by atoms with Gasteiger partial charge in [-0.2, -0.15) is 0 Å². The van der Waals surface area contributed by atoms with Crippen molar-refractivity contribution in [1.82, 2.24) is 0 Å². The molecule has 0 heterocycles. The van der Waals surface area contributed by atoms with E-state index in [1.165, 1.54) is 57.8 Å². The van der Waals surface area contributed by atoms with E-state index in [9.17, 15) is 14.7 Å². The van der Waals surface area contributed by atoms with Crippen molar-refractivity contribution in [1.29, 1.82) is 0 Å². The molecule has 0 aromatic rings. The van der Waals surface area contributed by atoms with Crippen LogP contribution in [0.2, 0.25) is 0 Å². The number of ether oxygens (including phenoxy) is 2. The SMILES string of the molecule is CCCCCCCCCCCCCC/C(C(=O)OCC)=C(/[O-])C(=O)OCC.[Na+]. The normalized spacial score (nSPS) is 11.4. The minimum atomic E-state index is -0.973. The number of carbonyl (C=O) groups is 2. The molecule has 0 rings (SSSR count). The summed E-state index contributed by atoms with van der Waals surface area (Å²) in [6.45, 7) is 5.82. The molecule has 158 valence electrons. The van der Waals surface area contributed by atoms with Gasteiger partial charge in [0.15, 0.2) is 0 Å². The average Bonchev–Trinajstić information content (AvgIpc) is 2.65. The average molecular weight is 407 g/mol. The molecule has 0 atom stereocenters. The molecule has 0 aliphatic heterocycles. The molecule has 0 fully saturated rings. The maximum absolute atomic E-state index is 12.1. The van der Waals surface area contributed by atoms with Gasteiger partial charge >= 0.3 is 41.5 Å². The molecular formula is C22H39NaO5. The molecule has 6 heteroatoms. The Labute approximate surface area is 193 Å². The summed E-state index contributed by atoms with van der Waals surface area (Å²) < 4.78 is 9.62. The second-order valence-corrected chi connectivity index (χ2v) is 6.89. The van der Waals surface area contributed by atoms with Crippen molar-refractivity contribution in [2.75, 3.05) is 13.2 Å². The van der Waals surface area contributed by atoms with Gasteiger partial charge < -0.3 is 14.6 Å². The monoisotopic (exact) mass is 406 g/mol. The Bertz CT molecular complexity index is 435. The van der Waals surface area contributed by atoms with Crippen LogP contribution in [0, 0.1) is 0 Å². The van der Waals surface area contributed by atoms with Crippen LogP contribution in [0.5, 0.6) is 0 Å². The topological polar surface area (TPSA) is 75.7 Å². The molecule has 0 radical (unpaired) electrons. The van der Waals surface area contributed by atoms with Crippen molar-refractivity contribution in [3.8, 4) is 0 Å². The van der Waals surface area contributed by atoms with E-state index in [4.69, 9.17) is 9.47 Å². The molecule has 0 aromatic heterocycles. The van der Waals surface area contributed by atoms with Gasteiger partial charge in [0.1, 0.15) is 0 Å². The molecule has 0 aromatic carbocycles. The van der Waals surface area contributed by atoms with Crippen LogP contribution < -0.4 is 34.7 Å².